The van der Waals surface area contributed by atoms with Crippen LogP contribution in [0.5, 0.6) is 0 Å². The summed E-state index contributed by atoms with van der Waals surface area (Å²) >= 11 is 1.77. The van der Waals surface area contributed by atoms with Crippen LogP contribution in [-0.2, 0) is 16.1 Å². The SMILES string of the molecule is O=C(CN(Cc1cccs1)C[C@@H]1CCCO1)NCC12CC3CC(CC(C3)C1)C2. The molecule has 0 radical (unpaired) electrons. The first-order chi connectivity index (χ1) is 13.7. The number of hydrogen-bond acceptors (Lipinski definition) is 4. The molecule has 1 aromatic rings. The normalized spacial score (nSPS) is 36.3. The molecule has 4 saturated carbocycles. The van der Waals surface area contributed by atoms with E-state index >= 15 is 0 Å². The lowest BCUT2D eigenvalue weighted by atomic mass is 9.49. The van der Waals surface area contributed by atoms with Gasteiger partial charge in [-0.2, -0.15) is 0 Å². The summed E-state index contributed by atoms with van der Waals surface area (Å²) in [5.41, 5.74) is 0.414. The third kappa shape index (κ3) is 4.31. The lowest BCUT2D eigenvalue weighted by Crippen LogP contribution is -2.52. The summed E-state index contributed by atoms with van der Waals surface area (Å²) in [7, 11) is 0. The highest BCUT2D eigenvalue weighted by molar-refractivity contribution is 7.09. The Balaban J connectivity index is 1.16. The third-order valence-electron chi connectivity index (χ3n) is 7.64. The van der Waals surface area contributed by atoms with Gasteiger partial charge in [-0.05, 0) is 86.0 Å². The molecule has 1 amide bonds. The van der Waals surface area contributed by atoms with Crippen molar-refractivity contribution < 1.29 is 9.53 Å². The predicted octanol–water partition coefficient (Wildman–Crippen LogP) is 4.06. The summed E-state index contributed by atoms with van der Waals surface area (Å²) in [6.07, 6.45) is 11.0. The van der Waals surface area contributed by atoms with Crippen molar-refractivity contribution in [3.05, 3.63) is 22.4 Å². The molecule has 6 rings (SSSR count). The number of ether oxygens (including phenoxy) is 1. The minimum atomic E-state index is 0.199. The molecule has 2 heterocycles. The van der Waals surface area contributed by atoms with Gasteiger partial charge in [-0.3, -0.25) is 9.69 Å². The van der Waals surface area contributed by atoms with Gasteiger partial charge in [0.25, 0.3) is 0 Å². The van der Waals surface area contributed by atoms with Crippen LogP contribution in [0.2, 0.25) is 0 Å². The van der Waals surface area contributed by atoms with Crippen molar-refractivity contribution in [3.63, 3.8) is 0 Å². The molecule has 4 bridgehead atoms. The van der Waals surface area contributed by atoms with Crippen LogP contribution >= 0.6 is 11.3 Å². The minimum absolute atomic E-state index is 0.199. The van der Waals surface area contributed by atoms with Gasteiger partial charge < -0.3 is 10.1 Å². The van der Waals surface area contributed by atoms with Crippen molar-refractivity contribution in [2.24, 2.45) is 23.2 Å². The molecule has 5 heteroatoms. The molecule has 154 valence electrons. The third-order valence-corrected chi connectivity index (χ3v) is 8.50. The molecule has 0 unspecified atom stereocenters. The molecule has 4 aliphatic carbocycles. The van der Waals surface area contributed by atoms with E-state index in [1.807, 2.05) is 0 Å². The molecule has 1 aromatic heterocycles. The maximum atomic E-state index is 12.9. The first kappa shape index (κ1) is 19.1. The van der Waals surface area contributed by atoms with Crippen LogP contribution in [-0.4, -0.2) is 43.2 Å². The Morgan fingerprint density at radius 2 is 1.96 bits per heavy atom. The van der Waals surface area contributed by atoms with E-state index in [1.54, 1.807) is 11.3 Å². The fourth-order valence-electron chi connectivity index (χ4n) is 6.94. The molecule has 0 aromatic carbocycles. The summed E-state index contributed by atoms with van der Waals surface area (Å²) in [6.45, 7) is 3.98. The molecule has 1 atom stereocenters. The van der Waals surface area contributed by atoms with Crippen LogP contribution in [0.25, 0.3) is 0 Å². The van der Waals surface area contributed by atoms with E-state index in [2.05, 4.69) is 27.7 Å². The molecule has 0 spiro atoms. The van der Waals surface area contributed by atoms with Gasteiger partial charge in [0, 0.05) is 31.1 Å². The van der Waals surface area contributed by atoms with E-state index in [-0.39, 0.29) is 12.0 Å². The smallest absolute Gasteiger partial charge is 0.234 e. The summed E-state index contributed by atoms with van der Waals surface area (Å²) in [4.78, 5) is 16.5. The van der Waals surface area contributed by atoms with Crippen molar-refractivity contribution in [3.8, 4) is 0 Å². The highest BCUT2D eigenvalue weighted by Gasteiger charge is 2.50. The minimum Gasteiger partial charge on any atom is -0.377 e. The lowest BCUT2D eigenvalue weighted by Gasteiger charge is -2.56. The summed E-state index contributed by atoms with van der Waals surface area (Å²) in [5, 5.41) is 5.47. The van der Waals surface area contributed by atoms with Gasteiger partial charge in [-0.15, -0.1) is 11.3 Å². The number of carbonyl (C=O) groups excluding carboxylic acids is 1. The molecule has 28 heavy (non-hydrogen) atoms. The Hall–Kier alpha value is -0.910. The summed E-state index contributed by atoms with van der Waals surface area (Å²) in [5.74, 6) is 3.03. The Kier molecular flexibility index (Phi) is 5.50. The number of nitrogens with zero attached hydrogens (tertiary/aromatic N) is 1. The standard InChI is InChI=1S/C23H34N2O2S/c26-22(24-16-23-10-17-7-18(11-23)9-19(8-17)12-23)15-25(13-20-3-1-5-27-20)14-21-4-2-6-28-21/h2,4,6,17-20H,1,3,5,7-16H2,(H,24,26)/t17?,18?,19?,20-,23?/m0/s1. The highest BCUT2D eigenvalue weighted by Crippen LogP contribution is 2.59. The lowest BCUT2D eigenvalue weighted by molar-refractivity contribution is -0.124. The van der Waals surface area contributed by atoms with E-state index in [0.717, 1.165) is 56.8 Å². The van der Waals surface area contributed by atoms with E-state index in [1.165, 1.54) is 43.4 Å². The average molecular weight is 403 g/mol. The van der Waals surface area contributed by atoms with Gasteiger partial charge in [-0.25, -0.2) is 0 Å². The zero-order valence-electron chi connectivity index (χ0n) is 16.9. The van der Waals surface area contributed by atoms with Crippen molar-refractivity contribution in [1.29, 1.82) is 0 Å². The van der Waals surface area contributed by atoms with Crippen LogP contribution in [0.1, 0.15) is 56.2 Å². The van der Waals surface area contributed by atoms with Crippen LogP contribution in [0, 0.1) is 23.2 Å². The number of rotatable bonds is 8. The van der Waals surface area contributed by atoms with Crippen molar-refractivity contribution in [2.75, 3.05) is 26.2 Å². The molecule has 1 saturated heterocycles. The zero-order chi connectivity index (χ0) is 19.0. The van der Waals surface area contributed by atoms with Crippen molar-refractivity contribution >= 4 is 17.2 Å². The van der Waals surface area contributed by atoms with Crippen molar-refractivity contribution in [2.45, 2.75) is 64.0 Å². The van der Waals surface area contributed by atoms with Gasteiger partial charge in [0.2, 0.25) is 5.91 Å². The Morgan fingerprint density at radius 1 is 1.21 bits per heavy atom. The number of hydrogen-bond donors (Lipinski definition) is 1. The van der Waals surface area contributed by atoms with Gasteiger partial charge in [0.1, 0.15) is 0 Å². The van der Waals surface area contributed by atoms with E-state index in [9.17, 15) is 4.79 Å². The topological polar surface area (TPSA) is 41.6 Å². The quantitative estimate of drug-likeness (QED) is 0.713. The molecular formula is C23H34N2O2S. The molecular weight excluding hydrogens is 368 g/mol. The van der Waals surface area contributed by atoms with Gasteiger partial charge in [0.15, 0.2) is 0 Å². The Labute approximate surface area is 173 Å². The van der Waals surface area contributed by atoms with Gasteiger partial charge in [-0.1, -0.05) is 6.07 Å². The fraction of sp³-hybridized carbons (Fsp3) is 0.783. The Morgan fingerprint density at radius 3 is 2.57 bits per heavy atom. The summed E-state index contributed by atoms with van der Waals surface area (Å²) < 4.78 is 5.84. The Bertz CT molecular complexity index is 633. The fourth-order valence-corrected chi connectivity index (χ4v) is 7.68. The maximum absolute atomic E-state index is 12.9. The summed E-state index contributed by atoms with van der Waals surface area (Å²) in [6, 6.07) is 4.26. The van der Waals surface area contributed by atoms with Crippen LogP contribution in [0.3, 0.4) is 0 Å². The van der Waals surface area contributed by atoms with E-state index in [0.29, 0.717) is 12.0 Å². The van der Waals surface area contributed by atoms with Crippen LogP contribution in [0.15, 0.2) is 17.5 Å². The van der Waals surface area contributed by atoms with E-state index < -0.39 is 0 Å². The molecule has 5 aliphatic rings. The highest BCUT2D eigenvalue weighted by atomic mass is 32.1. The van der Waals surface area contributed by atoms with Crippen molar-refractivity contribution in [1.82, 2.24) is 10.2 Å². The molecule has 1 aliphatic heterocycles. The first-order valence-corrected chi connectivity index (χ1v) is 12.2. The zero-order valence-corrected chi connectivity index (χ0v) is 17.7. The predicted molar refractivity (Wildman–Crippen MR) is 112 cm³/mol. The number of carbonyl (C=O) groups is 1. The molecule has 1 N–H and O–H groups in total. The second kappa shape index (κ2) is 8.08. The van der Waals surface area contributed by atoms with Crippen LogP contribution < -0.4 is 5.32 Å². The maximum Gasteiger partial charge on any atom is 0.234 e. The number of amides is 1. The second-order valence-corrected chi connectivity index (χ2v) is 11.1. The van der Waals surface area contributed by atoms with Crippen LogP contribution in [0.4, 0.5) is 0 Å². The van der Waals surface area contributed by atoms with Gasteiger partial charge >= 0.3 is 0 Å². The largest absolute Gasteiger partial charge is 0.377 e. The second-order valence-electron chi connectivity index (χ2n) is 10.1. The number of thiophene rings is 1. The monoisotopic (exact) mass is 402 g/mol. The first-order valence-electron chi connectivity index (χ1n) is 11.3. The van der Waals surface area contributed by atoms with E-state index in [4.69, 9.17) is 4.74 Å². The molecule has 4 nitrogen and oxygen atoms in total. The number of nitrogens with one attached hydrogen (secondary N) is 1. The molecule has 5 fully saturated rings. The average Bonchev–Trinajstić information content (AvgIpc) is 3.33. The van der Waals surface area contributed by atoms with Gasteiger partial charge in [0.05, 0.1) is 12.6 Å².